The van der Waals surface area contributed by atoms with Crippen LogP contribution in [0.3, 0.4) is 0 Å². The Kier molecular flexibility index (Phi) is 3.15. The van der Waals surface area contributed by atoms with Gasteiger partial charge in [0.1, 0.15) is 5.15 Å². The average Bonchev–Trinajstić information content (AvgIpc) is 2.58. The van der Waals surface area contributed by atoms with Crippen LogP contribution in [0.4, 0.5) is 0 Å². The van der Waals surface area contributed by atoms with Crippen LogP contribution in [-0.4, -0.2) is 28.9 Å². The van der Waals surface area contributed by atoms with Crippen molar-refractivity contribution in [3.05, 3.63) is 29.0 Å². The Balaban J connectivity index is 2.14. The summed E-state index contributed by atoms with van der Waals surface area (Å²) in [6.07, 6.45) is 1.57. The summed E-state index contributed by atoms with van der Waals surface area (Å²) in [5, 5.41) is 0.367. The lowest BCUT2D eigenvalue weighted by Crippen LogP contribution is -2.28. The van der Waals surface area contributed by atoms with E-state index in [0.29, 0.717) is 22.6 Å². The van der Waals surface area contributed by atoms with Gasteiger partial charge in [0, 0.05) is 24.8 Å². The predicted molar refractivity (Wildman–Crippen MR) is 63.5 cm³/mol. The van der Waals surface area contributed by atoms with Crippen molar-refractivity contribution in [3.63, 3.8) is 0 Å². The first-order valence-corrected chi connectivity index (χ1v) is 5.86. The van der Waals surface area contributed by atoms with Gasteiger partial charge in [-0.1, -0.05) is 25.4 Å². The maximum Gasteiger partial charge on any atom is 0.254 e. The zero-order valence-corrected chi connectivity index (χ0v) is 10.2. The summed E-state index contributed by atoms with van der Waals surface area (Å²) >= 11 is 5.77. The number of rotatable bonds is 1. The van der Waals surface area contributed by atoms with E-state index < -0.39 is 0 Å². The van der Waals surface area contributed by atoms with E-state index in [1.54, 1.807) is 18.3 Å². The van der Waals surface area contributed by atoms with Crippen LogP contribution in [0.5, 0.6) is 0 Å². The molecule has 2 unspecified atom stereocenters. The number of hydrogen-bond acceptors (Lipinski definition) is 2. The summed E-state index contributed by atoms with van der Waals surface area (Å²) in [6, 6.07) is 3.33. The lowest BCUT2D eigenvalue weighted by molar-refractivity contribution is 0.0785. The molecule has 1 amide bonds. The third-order valence-electron chi connectivity index (χ3n) is 3.25. The van der Waals surface area contributed by atoms with Gasteiger partial charge in [-0.05, 0) is 24.0 Å². The minimum atomic E-state index is 0.0560. The zero-order chi connectivity index (χ0) is 11.7. The first-order valence-electron chi connectivity index (χ1n) is 5.48. The quantitative estimate of drug-likeness (QED) is 0.705. The number of nitrogens with zero attached hydrogens (tertiary/aromatic N) is 2. The molecule has 1 aliphatic rings. The summed E-state index contributed by atoms with van der Waals surface area (Å²) in [5.41, 5.74) is 0.626. The molecule has 0 bridgehead atoms. The van der Waals surface area contributed by atoms with Crippen LogP contribution < -0.4 is 0 Å². The molecule has 16 heavy (non-hydrogen) atoms. The van der Waals surface area contributed by atoms with Gasteiger partial charge >= 0.3 is 0 Å². The standard InChI is InChI=1S/C12H15ClN2O/c1-8-6-15(7-9(8)2)12(16)10-3-4-14-11(13)5-10/h3-5,8-9H,6-7H2,1-2H3. The lowest BCUT2D eigenvalue weighted by atomic mass is 10.0. The molecule has 0 spiro atoms. The Morgan fingerprint density at radius 2 is 2.06 bits per heavy atom. The summed E-state index contributed by atoms with van der Waals surface area (Å²) < 4.78 is 0. The minimum Gasteiger partial charge on any atom is -0.338 e. The van der Waals surface area contributed by atoms with Crippen molar-refractivity contribution in [2.75, 3.05) is 13.1 Å². The molecule has 1 aromatic heterocycles. The van der Waals surface area contributed by atoms with E-state index in [2.05, 4.69) is 18.8 Å². The lowest BCUT2D eigenvalue weighted by Gasteiger charge is -2.15. The highest BCUT2D eigenvalue weighted by molar-refractivity contribution is 6.29. The van der Waals surface area contributed by atoms with E-state index in [9.17, 15) is 4.79 Å². The highest BCUT2D eigenvalue weighted by atomic mass is 35.5. The maximum atomic E-state index is 12.1. The molecule has 1 aliphatic heterocycles. The van der Waals surface area contributed by atoms with Crippen molar-refractivity contribution < 1.29 is 4.79 Å². The number of amides is 1. The first-order chi connectivity index (χ1) is 7.58. The summed E-state index contributed by atoms with van der Waals surface area (Å²) in [7, 11) is 0. The van der Waals surface area contributed by atoms with E-state index in [-0.39, 0.29) is 5.91 Å². The van der Waals surface area contributed by atoms with Gasteiger partial charge in [-0.25, -0.2) is 4.98 Å². The van der Waals surface area contributed by atoms with Crippen molar-refractivity contribution in [1.82, 2.24) is 9.88 Å². The molecule has 2 rings (SSSR count). The second kappa shape index (κ2) is 4.42. The third-order valence-corrected chi connectivity index (χ3v) is 3.46. The smallest absolute Gasteiger partial charge is 0.254 e. The molecule has 0 aromatic carbocycles. The SMILES string of the molecule is CC1CN(C(=O)c2ccnc(Cl)c2)CC1C. The molecule has 4 heteroatoms. The number of carbonyl (C=O) groups excluding carboxylic acids is 1. The van der Waals surface area contributed by atoms with Crippen LogP contribution in [0.15, 0.2) is 18.3 Å². The molecular weight excluding hydrogens is 224 g/mol. The highest BCUT2D eigenvalue weighted by Gasteiger charge is 2.29. The number of likely N-dealkylation sites (tertiary alicyclic amines) is 1. The van der Waals surface area contributed by atoms with Gasteiger partial charge in [-0.15, -0.1) is 0 Å². The van der Waals surface area contributed by atoms with Crippen molar-refractivity contribution in [1.29, 1.82) is 0 Å². The third kappa shape index (κ3) is 2.19. The van der Waals surface area contributed by atoms with E-state index in [1.165, 1.54) is 0 Å². The van der Waals surface area contributed by atoms with Crippen LogP contribution in [0.1, 0.15) is 24.2 Å². The molecule has 1 aromatic rings. The van der Waals surface area contributed by atoms with Crippen LogP contribution >= 0.6 is 11.6 Å². The fourth-order valence-electron chi connectivity index (χ4n) is 2.01. The van der Waals surface area contributed by atoms with Crippen LogP contribution in [-0.2, 0) is 0 Å². The van der Waals surface area contributed by atoms with E-state index in [4.69, 9.17) is 11.6 Å². The fraction of sp³-hybridized carbons (Fsp3) is 0.500. The van der Waals surface area contributed by atoms with Gasteiger partial charge in [0.05, 0.1) is 0 Å². The molecule has 1 saturated heterocycles. The van der Waals surface area contributed by atoms with Gasteiger partial charge in [0.25, 0.3) is 5.91 Å². The Morgan fingerprint density at radius 3 is 2.62 bits per heavy atom. The Labute approximate surface area is 100 Å². The molecule has 2 heterocycles. The van der Waals surface area contributed by atoms with Gasteiger partial charge in [0.15, 0.2) is 0 Å². The number of pyridine rings is 1. The highest BCUT2D eigenvalue weighted by Crippen LogP contribution is 2.23. The molecule has 0 saturated carbocycles. The number of halogens is 1. The normalized spacial score (nSPS) is 24.8. The van der Waals surface area contributed by atoms with Gasteiger partial charge in [-0.3, -0.25) is 4.79 Å². The predicted octanol–water partition coefficient (Wildman–Crippen LogP) is 2.46. The Hall–Kier alpha value is -1.09. The second-order valence-electron chi connectivity index (χ2n) is 4.53. The fourth-order valence-corrected chi connectivity index (χ4v) is 2.19. The molecular formula is C12H15ClN2O. The van der Waals surface area contributed by atoms with E-state index in [0.717, 1.165) is 13.1 Å². The Bertz CT molecular complexity index is 398. The number of hydrogen-bond donors (Lipinski definition) is 0. The topological polar surface area (TPSA) is 33.2 Å². The van der Waals surface area contributed by atoms with Crippen molar-refractivity contribution in [3.8, 4) is 0 Å². The zero-order valence-electron chi connectivity index (χ0n) is 9.48. The van der Waals surface area contributed by atoms with Crippen molar-refractivity contribution in [2.24, 2.45) is 11.8 Å². The molecule has 3 nitrogen and oxygen atoms in total. The van der Waals surface area contributed by atoms with Crippen LogP contribution in [0, 0.1) is 11.8 Å². The number of carbonyl (C=O) groups is 1. The minimum absolute atomic E-state index is 0.0560. The van der Waals surface area contributed by atoms with Crippen molar-refractivity contribution >= 4 is 17.5 Å². The summed E-state index contributed by atoms with van der Waals surface area (Å²) in [6.45, 7) is 6.02. The molecule has 1 fully saturated rings. The number of aromatic nitrogens is 1. The van der Waals surface area contributed by atoms with E-state index in [1.807, 2.05) is 4.90 Å². The largest absolute Gasteiger partial charge is 0.338 e. The van der Waals surface area contributed by atoms with Gasteiger partial charge in [-0.2, -0.15) is 0 Å². The molecule has 2 atom stereocenters. The summed E-state index contributed by atoms with van der Waals surface area (Å²) in [5.74, 6) is 1.20. The second-order valence-corrected chi connectivity index (χ2v) is 4.92. The molecule has 0 aliphatic carbocycles. The molecule has 86 valence electrons. The van der Waals surface area contributed by atoms with Crippen LogP contribution in [0.25, 0.3) is 0 Å². The first kappa shape index (κ1) is 11.4. The van der Waals surface area contributed by atoms with Gasteiger partial charge in [0.2, 0.25) is 0 Å². The maximum absolute atomic E-state index is 12.1. The van der Waals surface area contributed by atoms with Crippen molar-refractivity contribution in [2.45, 2.75) is 13.8 Å². The molecule has 0 radical (unpaired) electrons. The average molecular weight is 239 g/mol. The monoisotopic (exact) mass is 238 g/mol. The summed E-state index contributed by atoms with van der Waals surface area (Å²) in [4.78, 5) is 17.9. The van der Waals surface area contributed by atoms with Crippen LogP contribution in [0.2, 0.25) is 5.15 Å². The van der Waals surface area contributed by atoms with E-state index >= 15 is 0 Å². The van der Waals surface area contributed by atoms with Gasteiger partial charge < -0.3 is 4.90 Å². The molecule has 0 N–H and O–H groups in total. The Morgan fingerprint density at radius 1 is 1.44 bits per heavy atom.